The third-order valence-electron chi connectivity index (χ3n) is 4.23. The number of fused-ring (bicyclic) bond motifs is 1. The molecule has 28 heavy (non-hydrogen) atoms. The lowest BCUT2D eigenvalue weighted by Gasteiger charge is -2.32. The monoisotopic (exact) mass is 408 g/mol. The van der Waals surface area contributed by atoms with Crippen molar-refractivity contribution >= 4 is 10.9 Å². The zero-order valence-electron chi connectivity index (χ0n) is 15.8. The van der Waals surface area contributed by atoms with E-state index < -0.39 is 46.8 Å². The molecule has 9 heteroatoms. The fourth-order valence-electron chi connectivity index (χ4n) is 3.07. The van der Waals surface area contributed by atoms with E-state index in [-0.39, 0.29) is 10.9 Å². The fourth-order valence-corrected chi connectivity index (χ4v) is 3.07. The van der Waals surface area contributed by atoms with Gasteiger partial charge in [0.25, 0.3) is 0 Å². The van der Waals surface area contributed by atoms with Gasteiger partial charge in [-0.25, -0.2) is 4.98 Å². The van der Waals surface area contributed by atoms with Crippen molar-refractivity contribution in [1.29, 1.82) is 0 Å². The Morgan fingerprint density at radius 1 is 1.04 bits per heavy atom. The Morgan fingerprint density at radius 3 is 2.11 bits per heavy atom. The van der Waals surface area contributed by atoms with E-state index in [4.69, 9.17) is 0 Å². The number of benzene rings is 1. The maximum absolute atomic E-state index is 13.3. The molecule has 0 saturated heterocycles. The number of nitrogens with zero attached hydrogens (tertiary/aromatic N) is 1. The number of hydrogen-bond donors (Lipinski definition) is 2. The molecule has 2 aromatic rings. The van der Waals surface area contributed by atoms with Gasteiger partial charge >= 0.3 is 12.4 Å². The molecule has 2 unspecified atom stereocenters. The van der Waals surface area contributed by atoms with E-state index in [0.29, 0.717) is 18.6 Å². The van der Waals surface area contributed by atoms with E-state index in [1.54, 1.807) is 6.92 Å². The summed E-state index contributed by atoms with van der Waals surface area (Å²) in [5.41, 5.74) is -4.29. The summed E-state index contributed by atoms with van der Waals surface area (Å²) in [5.74, 6) is 0. The number of aliphatic hydroxyl groups excluding tert-OH is 1. The van der Waals surface area contributed by atoms with Gasteiger partial charge in [-0.15, -0.1) is 0 Å². The molecule has 1 heterocycles. The average Bonchev–Trinajstić information content (AvgIpc) is 2.55. The first-order valence-electron chi connectivity index (χ1n) is 8.69. The molecule has 0 spiro atoms. The Balaban J connectivity index is 2.77. The number of hydrogen-bond acceptors (Lipinski definition) is 3. The Morgan fingerprint density at radius 2 is 1.64 bits per heavy atom. The van der Waals surface area contributed by atoms with Crippen LogP contribution in [0.3, 0.4) is 0 Å². The molecule has 0 bridgehead atoms. The van der Waals surface area contributed by atoms with Gasteiger partial charge in [0.15, 0.2) is 0 Å². The minimum atomic E-state index is -4.96. The van der Waals surface area contributed by atoms with Gasteiger partial charge in [0.2, 0.25) is 0 Å². The van der Waals surface area contributed by atoms with Gasteiger partial charge < -0.3 is 10.4 Å². The molecule has 0 aliphatic heterocycles. The van der Waals surface area contributed by atoms with Crippen LogP contribution in [0.5, 0.6) is 0 Å². The molecule has 2 rings (SSSR count). The molecule has 3 nitrogen and oxygen atoms in total. The standard InChI is InChI=1S/C19H22F6N2O/c1-5-13(27-17(2,3)4)16(28)11-9-14(19(23,24)25)26-15-10(11)7-6-8-12(15)18(20,21)22/h6-9,13,16,27-28H,5H2,1-4H3. The van der Waals surface area contributed by atoms with Gasteiger partial charge in [0.05, 0.1) is 17.2 Å². The number of para-hydroxylation sites is 1. The van der Waals surface area contributed by atoms with Crippen LogP contribution in [0, 0.1) is 0 Å². The summed E-state index contributed by atoms with van der Waals surface area (Å²) in [6, 6.07) is 2.96. The first kappa shape index (κ1) is 22.4. The van der Waals surface area contributed by atoms with Crippen molar-refractivity contribution in [3.05, 3.63) is 41.1 Å². The van der Waals surface area contributed by atoms with E-state index in [1.807, 2.05) is 20.8 Å². The van der Waals surface area contributed by atoms with E-state index in [2.05, 4.69) is 10.3 Å². The van der Waals surface area contributed by atoms with Crippen LogP contribution in [-0.2, 0) is 12.4 Å². The molecular weight excluding hydrogens is 386 g/mol. The SMILES string of the molecule is CCC(NC(C)(C)C)C(O)c1cc(C(F)(F)F)nc2c(C(F)(F)F)cccc12. The number of aliphatic hydroxyl groups is 1. The molecule has 2 N–H and O–H groups in total. The molecule has 156 valence electrons. The minimum Gasteiger partial charge on any atom is -0.387 e. The number of rotatable bonds is 4. The number of pyridine rings is 1. The highest BCUT2D eigenvalue weighted by Gasteiger charge is 2.38. The molecule has 0 radical (unpaired) electrons. The van der Waals surface area contributed by atoms with E-state index in [0.717, 1.165) is 6.07 Å². The Labute approximate surface area is 158 Å². The van der Waals surface area contributed by atoms with Gasteiger partial charge in [-0.2, -0.15) is 26.3 Å². The molecule has 0 saturated carbocycles. The van der Waals surface area contributed by atoms with Crippen LogP contribution in [0.4, 0.5) is 26.3 Å². The third-order valence-corrected chi connectivity index (χ3v) is 4.23. The van der Waals surface area contributed by atoms with Gasteiger partial charge in [0, 0.05) is 17.0 Å². The largest absolute Gasteiger partial charge is 0.433 e. The highest BCUT2D eigenvalue weighted by molar-refractivity contribution is 5.86. The average molecular weight is 408 g/mol. The summed E-state index contributed by atoms with van der Waals surface area (Å²) in [6.45, 7) is 7.17. The topological polar surface area (TPSA) is 45.1 Å². The molecular formula is C19H22F6N2O. The maximum atomic E-state index is 13.3. The summed E-state index contributed by atoms with van der Waals surface area (Å²) in [5, 5.41) is 13.7. The van der Waals surface area contributed by atoms with Crippen molar-refractivity contribution in [3.8, 4) is 0 Å². The van der Waals surface area contributed by atoms with Crippen molar-refractivity contribution in [3.63, 3.8) is 0 Å². The second-order valence-electron chi connectivity index (χ2n) is 7.65. The Hall–Kier alpha value is -1.87. The third kappa shape index (κ3) is 4.94. The number of aromatic nitrogens is 1. The van der Waals surface area contributed by atoms with E-state index >= 15 is 0 Å². The summed E-state index contributed by atoms with van der Waals surface area (Å²) in [4.78, 5) is 3.24. The minimum absolute atomic E-state index is 0.163. The van der Waals surface area contributed by atoms with Gasteiger partial charge in [0.1, 0.15) is 5.69 Å². The molecule has 0 fully saturated rings. The highest BCUT2D eigenvalue weighted by atomic mass is 19.4. The summed E-state index contributed by atoms with van der Waals surface area (Å²) in [6.07, 6.45) is -10.9. The van der Waals surface area contributed by atoms with Crippen LogP contribution < -0.4 is 5.32 Å². The first-order chi connectivity index (χ1) is 12.6. The lowest BCUT2D eigenvalue weighted by molar-refractivity contribution is -0.142. The predicted molar refractivity (Wildman–Crippen MR) is 93.7 cm³/mol. The zero-order chi connectivity index (χ0) is 21.5. The molecule has 1 aromatic heterocycles. The predicted octanol–water partition coefficient (Wildman–Crippen LogP) is 5.47. The van der Waals surface area contributed by atoms with Crippen LogP contribution in [-0.4, -0.2) is 21.7 Å². The quantitative estimate of drug-likeness (QED) is 0.660. The number of halogens is 6. The van der Waals surface area contributed by atoms with E-state index in [1.165, 1.54) is 6.07 Å². The number of alkyl halides is 6. The van der Waals surface area contributed by atoms with Crippen LogP contribution in [0.25, 0.3) is 10.9 Å². The molecule has 0 aliphatic carbocycles. The molecule has 0 amide bonds. The maximum Gasteiger partial charge on any atom is 0.433 e. The lowest BCUT2D eigenvalue weighted by atomic mass is 9.93. The number of nitrogens with one attached hydrogen (secondary N) is 1. The van der Waals surface area contributed by atoms with Crippen molar-refractivity contribution in [2.45, 2.75) is 64.2 Å². The zero-order valence-corrected chi connectivity index (χ0v) is 15.8. The Kier molecular flexibility index (Phi) is 6.02. The van der Waals surface area contributed by atoms with Crippen LogP contribution in [0.1, 0.15) is 57.0 Å². The fraction of sp³-hybridized carbons (Fsp3) is 0.526. The van der Waals surface area contributed by atoms with Crippen LogP contribution in [0.2, 0.25) is 0 Å². The van der Waals surface area contributed by atoms with Crippen LogP contribution in [0.15, 0.2) is 24.3 Å². The summed E-state index contributed by atoms with van der Waals surface area (Å²) >= 11 is 0. The van der Waals surface area contributed by atoms with Crippen molar-refractivity contribution < 1.29 is 31.4 Å². The second-order valence-corrected chi connectivity index (χ2v) is 7.65. The first-order valence-corrected chi connectivity index (χ1v) is 8.69. The molecule has 1 aromatic carbocycles. The smallest absolute Gasteiger partial charge is 0.387 e. The normalized spacial score (nSPS) is 15.7. The van der Waals surface area contributed by atoms with Gasteiger partial charge in [-0.05, 0) is 44.9 Å². The van der Waals surface area contributed by atoms with Crippen molar-refractivity contribution in [2.24, 2.45) is 0 Å². The van der Waals surface area contributed by atoms with Crippen LogP contribution >= 0.6 is 0 Å². The van der Waals surface area contributed by atoms with Gasteiger partial charge in [-0.1, -0.05) is 19.1 Å². The molecule has 2 atom stereocenters. The Bertz CT molecular complexity index is 839. The van der Waals surface area contributed by atoms with Crippen molar-refractivity contribution in [2.75, 3.05) is 0 Å². The van der Waals surface area contributed by atoms with E-state index in [9.17, 15) is 31.4 Å². The van der Waals surface area contributed by atoms with Gasteiger partial charge in [-0.3, -0.25) is 0 Å². The second kappa shape index (κ2) is 7.51. The summed E-state index contributed by atoms with van der Waals surface area (Å²) < 4.78 is 79.9. The summed E-state index contributed by atoms with van der Waals surface area (Å²) in [7, 11) is 0. The highest BCUT2D eigenvalue weighted by Crippen LogP contribution is 2.39. The lowest BCUT2D eigenvalue weighted by Crippen LogP contribution is -2.46. The molecule has 0 aliphatic rings. The van der Waals surface area contributed by atoms with Crippen molar-refractivity contribution in [1.82, 2.24) is 10.3 Å².